The highest BCUT2D eigenvalue weighted by molar-refractivity contribution is 7.89. The van der Waals surface area contributed by atoms with E-state index in [1.807, 2.05) is 0 Å². The molecule has 0 aromatic carbocycles. The van der Waals surface area contributed by atoms with E-state index in [9.17, 15) is 8.42 Å². The minimum atomic E-state index is -3.43. The van der Waals surface area contributed by atoms with Crippen LogP contribution in [0.5, 0.6) is 0 Å². The number of hydrogen-bond donors (Lipinski definition) is 2. The van der Waals surface area contributed by atoms with Crippen molar-refractivity contribution < 1.29 is 8.42 Å². The minimum absolute atomic E-state index is 0.0997. The number of aromatic nitrogens is 1. The third kappa shape index (κ3) is 3.76. The van der Waals surface area contributed by atoms with E-state index in [0.29, 0.717) is 12.6 Å². The van der Waals surface area contributed by atoms with Gasteiger partial charge in [0, 0.05) is 24.8 Å². The zero-order chi connectivity index (χ0) is 13.2. The fourth-order valence-electron chi connectivity index (χ4n) is 1.48. The molecule has 100 valence electrons. The Morgan fingerprint density at radius 2 is 2.11 bits per heavy atom. The predicted molar refractivity (Wildman–Crippen MR) is 69.6 cm³/mol. The van der Waals surface area contributed by atoms with Gasteiger partial charge in [0.05, 0.1) is 0 Å². The van der Waals surface area contributed by atoms with Crippen molar-refractivity contribution in [1.82, 2.24) is 15.0 Å². The lowest BCUT2D eigenvalue weighted by Gasteiger charge is -2.08. The van der Waals surface area contributed by atoms with Gasteiger partial charge >= 0.3 is 0 Å². The maximum absolute atomic E-state index is 11.9. The van der Waals surface area contributed by atoms with Gasteiger partial charge < -0.3 is 5.32 Å². The number of nitrogens with one attached hydrogen (secondary N) is 2. The summed E-state index contributed by atoms with van der Waals surface area (Å²) in [5, 5.41) is 3.36. The lowest BCUT2D eigenvalue weighted by Crippen LogP contribution is -2.26. The average molecular weight is 269 g/mol. The second-order valence-electron chi connectivity index (χ2n) is 4.94. The Labute approximate surface area is 108 Å². The number of rotatable bonds is 6. The van der Waals surface area contributed by atoms with Crippen LogP contribution in [0.2, 0.25) is 0 Å². The van der Waals surface area contributed by atoms with Crippen LogP contribution < -0.4 is 10.0 Å². The zero-order valence-corrected chi connectivity index (χ0v) is 11.5. The van der Waals surface area contributed by atoms with Crippen molar-refractivity contribution in [2.45, 2.75) is 50.3 Å². The molecule has 0 unspecified atom stereocenters. The van der Waals surface area contributed by atoms with Crippen LogP contribution in [0.1, 0.15) is 32.3 Å². The maximum atomic E-state index is 11.9. The van der Waals surface area contributed by atoms with Crippen LogP contribution in [0.3, 0.4) is 0 Å². The van der Waals surface area contributed by atoms with Gasteiger partial charge in [-0.3, -0.25) is 0 Å². The third-order valence-corrected chi connectivity index (χ3v) is 4.12. The van der Waals surface area contributed by atoms with Crippen LogP contribution in [0.15, 0.2) is 23.4 Å². The molecule has 0 spiro atoms. The van der Waals surface area contributed by atoms with Crippen molar-refractivity contribution in [1.29, 1.82) is 0 Å². The first-order chi connectivity index (χ1) is 8.47. The zero-order valence-electron chi connectivity index (χ0n) is 10.7. The van der Waals surface area contributed by atoms with E-state index >= 15 is 0 Å². The standard InChI is InChI=1S/C12H19N3O2S/c1-9(2)13-7-10-3-6-12(14-8-10)18(16,17)15-11-4-5-11/h3,6,8-9,11,13,15H,4-5,7H2,1-2H3. The molecule has 0 radical (unpaired) electrons. The Kier molecular flexibility index (Phi) is 3.99. The quantitative estimate of drug-likeness (QED) is 0.809. The molecule has 2 N–H and O–H groups in total. The van der Waals surface area contributed by atoms with E-state index in [-0.39, 0.29) is 11.1 Å². The van der Waals surface area contributed by atoms with E-state index in [2.05, 4.69) is 28.9 Å². The van der Waals surface area contributed by atoms with E-state index < -0.39 is 10.0 Å². The Balaban J connectivity index is 2.02. The molecular formula is C12H19N3O2S. The van der Waals surface area contributed by atoms with Crippen molar-refractivity contribution in [3.05, 3.63) is 23.9 Å². The van der Waals surface area contributed by atoms with Crippen molar-refractivity contribution in [2.75, 3.05) is 0 Å². The molecule has 1 fully saturated rings. The van der Waals surface area contributed by atoms with Crippen molar-refractivity contribution >= 4 is 10.0 Å². The van der Waals surface area contributed by atoms with Crippen LogP contribution in [0, 0.1) is 0 Å². The maximum Gasteiger partial charge on any atom is 0.258 e. The molecule has 0 atom stereocenters. The summed E-state index contributed by atoms with van der Waals surface area (Å²) >= 11 is 0. The first-order valence-electron chi connectivity index (χ1n) is 6.18. The molecule has 0 bridgehead atoms. The SMILES string of the molecule is CC(C)NCc1ccc(S(=O)(=O)NC2CC2)nc1. The number of hydrogen-bond acceptors (Lipinski definition) is 4. The molecule has 0 aliphatic heterocycles. The topological polar surface area (TPSA) is 71.1 Å². The summed E-state index contributed by atoms with van der Waals surface area (Å²) in [6, 6.07) is 3.86. The van der Waals surface area contributed by atoms with Crippen LogP contribution in [0.4, 0.5) is 0 Å². The van der Waals surface area contributed by atoms with Gasteiger partial charge in [0.2, 0.25) is 0 Å². The molecule has 1 saturated carbocycles. The van der Waals surface area contributed by atoms with Crippen molar-refractivity contribution in [2.24, 2.45) is 0 Å². The third-order valence-electron chi connectivity index (χ3n) is 2.69. The summed E-state index contributed by atoms with van der Waals surface area (Å²) in [7, 11) is -3.43. The van der Waals surface area contributed by atoms with Gasteiger partial charge in [-0.05, 0) is 24.5 Å². The fourth-order valence-corrected chi connectivity index (χ4v) is 2.71. The normalized spacial score (nSPS) is 16.2. The average Bonchev–Trinajstić information content (AvgIpc) is 3.10. The number of sulfonamides is 1. The Morgan fingerprint density at radius 1 is 1.39 bits per heavy atom. The highest BCUT2D eigenvalue weighted by Crippen LogP contribution is 2.21. The smallest absolute Gasteiger partial charge is 0.258 e. The molecular weight excluding hydrogens is 250 g/mol. The van der Waals surface area contributed by atoms with Gasteiger partial charge in [-0.2, -0.15) is 0 Å². The summed E-state index contributed by atoms with van der Waals surface area (Å²) in [5.41, 5.74) is 0.981. The summed E-state index contributed by atoms with van der Waals surface area (Å²) in [5.74, 6) is 0. The van der Waals surface area contributed by atoms with Gasteiger partial charge in [0.1, 0.15) is 0 Å². The fraction of sp³-hybridized carbons (Fsp3) is 0.583. The van der Waals surface area contributed by atoms with Crippen LogP contribution >= 0.6 is 0 Å². The summed E-state index contributed by atoms with van der Waals surface area (Å²) in [4.78, 5) is 4.02. The highest BCUT2D eigenvalue weighted by atomic mass is 32.2. The molecule has 1 aliphatic carbocycles. The second kappa shape index (κ2) is 5.34. The van der Waals surface area contributed by atoms with Crippen LogP contribution in [-0.4, -0.2) is 25.5 Å². The van der Waals surface area contributed by atoms with Gasteiger partial charge in [0.15, 0.2) is 5.03 Å². The largest absolute Gasteiger partial charge is 0.310 e. The molecule has 2 rings (SSSR count). The molecule has 5 nitrogen and oxygen atoms in total. The Morgan fingerprint density at radius 3 is 2.61 bits per heavy atom. The van der Waals surface area contributed by atoms with E-state index in [1.54, 1.807) is 18.3 Å². The first-order valence-corrected chi connectivity index (χ1v) is 7.66. The lowest BCUT2D eigenvalue weighted by atomic mass is 10.2. The second-order valence-corrected chi connectivity index (χ2v) is 6.60. The predicted octanol–water partition coefficient (Wildman–Crippen LogP) is 1.02. The summed E-state index contributed by atoms with van der Waals surface area (Å²) in [6.07, 6.45) is 3.46. The molecule has 6 heteroatoms. The summed E-state index contributed by atoms with van der Waals surface area (Å²) in [6.45, 7) is 4.82. The molecule has 1 aromatic rings. The van der Waals surface area contributed by atoms with Gasteiger partial charge in [-0.1, -0.05) is 19.9 Å². The van der Waals surface area contributed by atoms with Crippen LogP contribution in [-0.2, 0) is 16.6 Å². The van der Waals surface area contributed by atoms with Crippen molar-refractivity contribution in [3.63, 3.8) is 0 Å². The minimum Gasteiger partial charge on any atom is -0.310 e. The lowest BCUT2D eigenvalue weighted by molar-refractivity contribution is 0.574. The Hall–Kier alpha value is -0.980. The van der Waals surface area contributed by atoms with E-state index in [1.165, 1.54) is 0 Å². The van der Waals surface area contributed by atoms with Gasteiger partial charge in [-0.25, -0.2) is 18.1 Å². The van der Waals surface area contributed by atoms with Gasteiger partial charge in [-0.15, -0.1) is 0 Å². The number of nitrogens with zero attached hydrogens (tertiary/aromatic N) is 1. The molecule has 1 aromatic heterocycles. The van der Waals surface area contributed by atoms with Crippen molar-refractivity contribution in [3.8, 4) is 0 Å². The van der Waals surface area contributed by atoms with Gasteiger partial charge in [0.25, 0.3) is 10.0 Å². The molecule has 1 aliphatic rings. The molecule has 0 amide bonds. The highest BCUT2D eigenvalue weighted by Gasteiger charge is 2.28. The number of pyridine rings is 1. The molecule has 0 saturated heterocycles. The summed E-state index contributed by atoms with van der Waals surface area (Å²) < 4.78 is 26.4. The van der Waals surface area contributed by atoms with Crippen LogP contribution in [0.25, 0.3) is 0 Å². The molecule has 1 heterocycles. The first kappa shape index (κ1) is 13.5. The van der Waals surface area contributed by atoms with E-state index in [4.69, 9.17) is 0 Å². The monoisotopic (exact) mass is 269 g/mol. The molecule has 18 heavy (non-hydrogen) atoms. The van der Waals surface area contributed by atoms with E-state index in [0.717, 1.165) is 18.4 Å². The Bertz CT molecular complexity index is 493.